The van der Waals surface area contributed by atoms with Crippen LogP contribution >= 0.6 is 11.6 Å². The molecule has 1 saturated carbocycles. The van der Waals surface area contributed by atoms with Crippen molar-refractivity contribution in [1.82, 2.24) is 0 Å². The predicted octanol–water partition coefficient (Wildman–Crippen LogP) is 2.60. The number of nitrogens with zero attached hydrogens (tertiary/aromatic N) is 3. The van der Waals surface area contributed by atoms with Crippen LogP contribution < -0.4 is 0 Å². The van der Waals surface area contributed by atoms with Gasteiger partial charge in [0.15, 0.2) is 0 Å². The summed E-state index contributed by atoms with van der Waals surface area (Å²) in [4.78, 5) is 23.7. The second-order valence-electron chi connectivity index (χ2n) is 5.25. The molecular formula is C12H8ClF2N3O5. The fraction of sp³-hybridized carbons (Fsp3) is 0.417. The zero-order valence-electron chi connectivity index (χ0n) is 11.2. The first kappa shape index (κ1) is 15.5. The molecule has 122 valence electrons. The minimum Gasteiger partial charge on any atom is -0.422 e. The second-order valence-corrected chi connectivity index (χ2v) is 5.63. The Balaban J connectivity index is 2.23. The van der Waals surface area contributed by atoms with Crippen LogP contribution in [0, 0.1) is 32.0 Å². The van der Waals surface area contributed by atoms with Crippen molar-refractivity contribution in [3.05, 3.63) is 48.8 Å². The molecule has 1 aliphatic heterocycles. The first-order valence-electron chi connectivity index (χ1n) is 6.41. The zero-order chi connectivity index (χ0) is 16.9. The molecule has 11 heteroatoms. The fourth-order valence-electron chi connectivity index (χ4n) is 2.76. The Hall–Kier alpha value is -2.36. The fourth-order valence-corrected chi connectivity index (χ4v) is 3.03. The average molecular weight is 348 g/mol. The van der Waals surface area contributed by atoms with Crippen LogP contribution in [0.5, 0.6) is 0 Å². The van der Waals surface area contributed by atoms with Crippen LogP contribution in [0.15, 0.2) is 17.1 Å². The van der Waals surface area contributed by atoms with Crippen molar-refractivity contribution in [2.45, 2.75) is 18.1 Å². The van der Waals surface area contributed by atoms with Crippen molar-refractivity contribution in [2.24, 2.45) is 10.9 Å². The third-order valence-corrected chi connectivity index (χ3v) is 4.33. The van der Waals surface area contributed by atoms with Crippen LogP contribution in [-0.2, 0) is 10.3 Å². The molecular weight excluding hydrogens is 340 g/mol. The zero-order valence-corrected chi connectivity index (χ0v) is 12.0. The van der Waals surface area contributed by atoms with Gasteiger partial charge in [-0.1, -0.05) is 11.6 Å². The molecule has 1 aromatic carbocycles. The highest BCUT2D eigenvalue weighted by Crippen LogP contribution is 2.55. The van der Waals surface area contributed by atoms with E-state index >= 15 is 0 Å². The van der Waals surface area contributed by atoms with E-state index in [0.717, 1.165) is 6.07 Å². The highest BCUT2D eigenvalue weighted by atomic mass is 35.5. The summed E-state index contributed by atoms with van der Waals surface area (Å²) in [7, 11) is 0. The van der Waals surface area contributed by atoms with E-state index in [-0.39, 0.29) is 12.0 Å². The summed E-state index contributed by atoms with van der Waals surface area (Å²) in [5, 5.41) is 21.2. The van der Waals surface area contributed by atoms with Crippen LogP contribution in [0.2, 0.25) is 5.02 Å². The van der Waals surface area contributed by atoms with E-state index in [0.29, 0.717) is 6.07 Å². The standard InChI is InChI=1S/C12H8ClF2N3O5/c13-10-7(1-5(17(19)20)2-8(10)15)12(4-14)6-3-9(6)23-11(16-12)18(21)22/h1-2,6,9H,3-4H2/t6-,9+,12-/m0/s1. The SMILES string of the molecule is O=[N+]([O-])C1=N[C@](CF)(c2cc([N+](=O)[O-])cc(F)c2Cl)[C@H]2C[C@H]2O1. The van der Waals surface area contributed by atoms with Gasteiger partial charge in [-0.15, -0.1) is 0 Å². The van der Waals surface area contributed by atoms with Crippen molar-refractivity contribution in [2.75, 3.05) is 6.67 Å². The Bertz CT molecular complexity index is 758. The van der Waals surface area contributed by atoms with Crippen LogP contribution in [0.25, 0.3) is 0 Å². The Labute approximate surface area is 132 Å². The third-order valence-electron chi connectivity index (χ3n) is 3.95. The van der Waals surface area contributed by atoms with Gasteiger partial charge in [0.2, 0.25) is 5.54 Å². The van der Waals surface area contributed by atoms with Gasteiger partial charge in [-0.3, -0.25) is 10.1 Å². The van der Waals surface area contributed by atoms with Crippen LogP contribution in [0.3, 0.4) is 0 Å². The number of rotatable bonds is 3. The summed E-state index contributed by atoms with van der Waals surface area (Å²) in [6.45, 7) is -1.23. The molecule has 3 rings (SSSR count). The Kier molecular flexibility index (Phi) is 3.43. The molecule has 0 amide bonds. The smallest absolute Gasteiger partial charge is 0.422 e. The summed E-state index contributed by atoms with van der Waals surface area (Å²) < 4.78 is 32.7. The number of nitro groups is 2. The van der Waals surface area contributed by atoms with Crippen molar-refractivity contribution < 1.29 is 23.4 Å². The number of alkyl halides is 1. The molecule has 1 aliphatic carbocycles. The Morgan fingerprint density at radius 2 is 2.09 bits per heavy atom. The summed E-state index contributed by atoms with van der Waals surface area (Å²) in [5.74, 6) is -1.72. The number of amidine groups is 1. The van der Waals surface area contributed by atoms with Crippen LogP contribution in [0.4, 0.5) is 14.5 Å². The highest BCUT2D eigenvalue weighted by Gasteiger charge is 2.65. The van der Waals surface area contributed by atoms with Gasteiger partial charge in [0.25, 0.3) is 5.69 Å². The molecule has 1 fully saturated rings. The molecule has 0 aromatic heterocycles. The predicted molar refractivity (Wildman–Crippen MR) is 73.1 cm³/mol. The van der Waals surface area contributed by atoms with E-state index in [2.05, 4.69) is 4.99 Å². The Morgan fingerprint density at radius 1 is 1.39 bits per heavy atom. The molecule has 2 aliphatic rings. The summed E-state index contributed by atoms with van der Waals surface area (Å²) in [6.07, 6.45) is -0.396. The van der Waals surface area contributed by atoms with Gasteiger partial charge >= 0.3 is 6.02 Å². The maximum atomic E-state index is 13.9. The topological polar surface area (TPSA) is 108 Å². The van der Waals surface area contributed by atoms with Gasteiger partial charge in [0.05, 0.1) is 21.9 Å². The quantitative estimate of drug-likeness (QED) is 0.616. The molecule has 0 N–H and O–H groups in total. The second kappa shape index (κ2) is 5.08. The van der Waals surface area contributed by atoms with Crippen molar-refractivity contribution in [3.8, 4) is 0 Å². The molecule has 8 nitrogen and oxygen atoms in total. The van der Waals surface area contributed by atoms with Gasteiger partial charge in [0, 0.05) is 16.6 Å². The normalized spacial score (nSPS) is 28.4. The van der Waals surface area contributed by atoms with Gasteiger partial charge in [-0.2, -0.15) is 0 Å². The van der Waals surface area contributed by atoms with Gasteiger partial charge < -0.3 is 14.9 Å². The average Bonchev–Trinajstić information content (AvgIpc) is 3.28. The first-order valence-corrected chi connectivity index (χ1v) is 6.78. The summed E-state index contributed by atoms with van der Waals surface area (Å²) in [5.41, 5.74) is -2.80. The lowest BCUT2D eigenvalue weighted by atomic mass is 9.85. The lowest BCUT2D eigenvalue weighted by Crippen LogP contribution is -2.39. The van der Waals surface area contributed by atoms with E-state index in [1.807, 2.05) is 0 Å². The molecule has 23 heavy (non-hydrogen) atoms. The maximum absolute atomic E-state index is 13.9. The van der Waals surface area contributed by atoms with E-state index < -0.39 is 56.6 Å². The van der Waals surface area contributed by atoms with E-state index in [9.17, 15) is 29.0 Å². The van der Waals surface area contributed by atoms with Gasteiger partial charge in [-0.05, 0) is 11.4 Å². The van der Waals surface area contributed by atoms with Crippen molar-refractivity contribution >= 4 is 23.3 Å². The number of aliphatic imine (C=N–C) groups is 1. The molecule has 0 saturated heterocycles. The van der Waals surface area contributed by atoms with Crippen LogP contribution in [0.1, 0.15) is 12.0 Å². The lowest BCUT2D eigenvalue weighted by molar-refractivity contribution is -0.385. The highest BCUT2D eigenvalue weighted by molar-refractivity contribution is 6.31. The largest absolute Gasteiger partial charge is 0.536 e. The number of ether oxygens (including phenoxy) is 1. The number of hydrogen-bond acceptors (Lipinski definition) is 6. The van der Waals surface area contributed by atoms with E-state index in [1.54, 1.807) is 0 Å². The van der Waals surface area contributed by atoms with E-state index in [4.69, 9.17) is 16.3 Å². The number of halogens is 3. The summed E-state index contributed by atoms with van der Waals surface area (Å²) >= 11 is 5.84. The molecule has 0 radical (unpaired) electrons. The monoisotopic (exact) mass is 347 g/mol. The molecule has 0 unspecified atom stereocenters. The van der Waals surface area contributed by atoms with Crippen molar-refractivity contribution in [1.29, 1.82) is 0 Å². The maximum Gasteiger partial charge on any atom is 0.536 e. The minimum absolute atomic E-state index is 0.255. The van der Waals surface area contributed by atoms with Crippen molar-refractivity contribution in [3.63, 3.8) is 0 Å². The van der Waals surface area contributed by atoms with E-state index in [1.165, 1.54) is 0 Å². The lowest BCUT2D eigenvalue weighted by Gasteiger charge is -2.25. The number of hydrogen-bond donors (Lipinski definition) is 0. The summed E-state index contributed by atoms with van der Waals surface area (Å²) in [6, 6.07) is 0.580. The first-order chi connectivity index (χ1) is 10.8. The molecule has 1 aromatic rings. The van der Waals surface area contributed by atoms with Gasteiger partial charge in [-0.25, -0.2) is 8.78 Å². The number of nitro benzene ring substituents is 1. The Morgan fingerprint density at radius 3 is 2.65 bits per heavy atom. The minimum atomic E-state index is -1.87. The molecule has 0 spiro atoms. The number of fused-ring (bicyclic) bond motifs is 1. The van der Waals surface area contributed by atoms with Crippen LogP contribution in [-0.4, -0.2) is 28.6 Å². The molecule has 3 atom stereocenters. The third kappa shape index (κ3) is 2.29. The number of non-ortho nitro benzene ring substituents is 1. The molecule has 1 heterocycles. The molecule has 0 bridgehead atoms. The van der Waals surface area contributed by atoms with Gasteiger partial charge in [0.1, 0.15) is 18.6 Å². The number of benzene rings is 1.